The van der Waals surface area contributed by atoms with Gasteiger partial charge in [-0.2, -0.15) is 4.89 Å². The van der Waals surface area contributed by atoms with Crippen LogP contribution in [0.25, 0.3) is 0 Å². The van der Waals surface area contributed by atoms with Crippen molar-refractivity contribution in [3.8, 4) is 0 Å². The molecule has 0 N–H and O–H groups in total. The molecule has 0 aliphatic carbocycles. The fraction of sp³-hybridized carbons (Fsp3) is 0.917. The zero-order valence-electron chi connectivity index (χ0n) is 11.0. The SMILES string of the molecule is CCCC(C)(C)OOC(=O)OCC(C)CC. The molecule has 0 bridgehead atoms. The summed E-state index contributed by atoms with van der Waals surface area (Å²) in [6, 6.07) is 0. The lowest BCUT2D eigenvalue weighted by Gasteiger charge is -2.21. The van der Waals surface area contributed by atoms with Crippen molar-refractivity contribution < 1.29 is 19.3 Å². The van der Waals surface area contributed by atoms with Crippen molar-refractivity contribution in [3.63, 3.8) is 0 Å². The summed E-state index contributed by atoms with van der Waals surface area (Å²) in [4.78, 5) is 20.8. The summed E-state index contributed by atoms with van der Waals surface area (Å²) in [7, 11) is 0. The Kier molecular flexibility index (Phi) is 7.13. The van der Waals surface area contributed by atoms with Crippen LogP contribution in [0.4, 0.5) is 4.79 Å². The van der Waals surface area contributed by atoms with Gasteiger partial charge < -0.3 is 4.74 Å². The predicted molar refractivity (Wildman–Crippen MR) is 62.0 cm³/mol. The Bertz CT molecular complexity index is 201. The van der Waals surface area contributed by atoms with E-state index in [0.29, 0.717) is 12.5 Å². The molecule has 1 atom stereocenters. The van der Waals surface area contributed by atoms with E-state index < -0.39 is 11.8 Å². The molecule has 0 aliphatic rings. The Labute approximate surface area is 98.2 Å². The normalized spacial score (nSPS) is 13.3. The van der Waals surface area contributed by atoms with Crippen LogP contribution in [0.1, 0.15) is 53.9 Å². The largest absolute Gasteiger partial charge is 0.540 e. The molecule has 1 unspecified atom stereocenters. The molecule has 0 saturated carbocycles. The summed E-state index contributed by atoms with van der Waals surface area (Å²) in [6.45, 7) is 10.2. The minimum absolute atomic E-state index is 0.344. The molecular weight excluding hydrogens is 208 g/mol. The van der Waals surface area contributed by atoms with Crippen molar-refractivity contribution in [2.24, 2.45) is 5.92 Å². The molecule has 0 rings (SSSR count). The van der Waals surface area contributed by atoms with E-state index in [1.807, 2.05) is 34.6 Å². The highest BCUT2D eigenvalue weighted by Gasteiger charge is 2.21. The van der Waals surface area contributed by atoms with Gasteiger partial charge in [-0.15, -0.1) is 0 Å². The van der Waals surface area contributed by atoms with Gasteiger partial charge in [-0.1, -0.05) is 33.6 Å². The smallest absolute Gasteiger partial charge is 0.432 e. The number of carbonyl (C=O) groups is 1. The molecule has 0 aromatic carbocycles. The average molecular weight is 232 g/mol. The third-order valence-electron chi connectivity index (χ3n) is 2.37. The molecule has 0 aromatic rings. The molecular formula is C12H24O4. The van der Waals surface area contributed by atoms with Crippen LogP contribution in [-0.2, 0) is 14.5 Å². The molecule has 0 aromatic heterocycles. The van der Waals surface area contributed by atoms with Crippen molar-refractivity contribution in [3.05, 3.63) is 0 Å². The second-order valence-corrected chi connectivity index (χ2v) is 4.75. The van der Waals surface area contributed by atoms with Gasteiger partial charge in [-0.3, -0.25) is 4.89 Å². The molecule has 0 radical (unpaired) electrons. The number of ether oxygens (including phenoxy) is 1. The maximum Gasteiger partial charge on any atom is 0.540 e. The van der Waals surface area contributed by atoms with Gasteiger partial charge in [0.25, 0.3) is 0 Å². The fourth-order valence-electron chi connectivity index (χ4n) is 1.14. The van der Waals surface area contributed by atoms with Gasteiger partial charge in [0.1, 0.15) is 5.60 Å². The standard InChI is InChI=1S/C12H24O4/c1-6-8-12(4,5)16-15-11(13)14-9-10(3)7-2/h10H,6-9H2,1-5H3. The number of rotatable bonds is 7. The second-order valence-electron chi connectivity index (χ2n) is 4.75. The number of hydrogen-bond donors (Lipinski definition) is 0. The Balaban J connectivity index is 3.72. The van der Waals surface area contributed by atoms with Crippen molar-refractivity contribution in [2.75, 3.05) is 6.61 Å². The summed E-state index contributed by atoms with van der Waals surface area (Å²) in [5.41, 5.74) is -0.454. The molecule has 4 heteroatoms. The Morgan fingerprint density at radius 3 is 2.44 bits per heavy atom. The van der Waals surface area contributed by atoms with Crippen molar-refractivity contribution in [1.29, 1.82) is 0 Å². The van der Waals surface area contributed by atoms with E-state index >= 15 is 0 Å². The van der Waals surface area contributed by atoms with Crippen LogP contribution in [0.15, 0.2) is 0 Å². The van der Waals surface area contributed by atoms with Crippen molar-refractivity contribution >= 4 is 6.16 Å². The molecule has 0 spiro atoms. The van der Waals surface area contributed by atoms with Gasteiger partial charge in [0.2, 0.25) is 0 Å². The lowest BCUT2D eigenvalue weighted by Crippen LogP contribution is -2.26. The summed E-state index contributed by atoms with van der Waals surface area (Å²) < 4.78 is 4.88. The highest BCUT2D eigenvalue weighted by atomic mass is 17.2. The summed E-state index contributed by atoms with van der Waals surface area (Å²) in [6.07, 6.45) is 2.00. The second kappa shape index (κ2) is 7.49. The zero-order valence-corrected chi connectivity index (χ0v) is 11.0. The Hall–Kier alpha value is -0.770. The first-order valence-corrected chi connectivity index (χ1v) is 5.93. The van der Waals surface area contributed by atoms with Crippen LogP contribution >= 0.6 is 0 Å². The molecule has 0 heterocycles. The van der Waals surface area contributed by atoms with Gasteiger partial charge in [0.15, 0.2) is 0 Å². The van der Waals surface area contributed by atoms with Crippen molar-refractivity contribution in [1.82, 2.24) is 0 Å². The minimum atomic E-state index is -0.760. The van der Waals surface area contributed by atoms with E-state index in [9.17, 15) is 4.79 Å². The zero-order chi connectivity index (χ0) is 12.6. The van der Waals surface area contributed by atoms with Gasteiger partial charge in [-0.25, -0.2) is 4.79 Å². The van der Waals surface area contributed by atoms with Crippen molar-refractivity contribution in [2.45, 2.75) is 59.5 Å². The summed E-state index contributed by atoms with van der Waals surface area (Å²) in [5.74, 6) is 0.344. The molecule has 0 aliphatic heterocycles. The van der Waals surface area contributed by atoms with E-state index in [4.69, 9.17) is 9.62 Å². The third-order valence-corrected chi connectivity index (χ3v) is 2.37. The first-order valence-electron chi connectivity index (χ1n) is 5.93. The van der Waals surface area contributed by atoms with E-state index in [-0.39, 0.29) is 0 Å². The number of hydrogen-bond acceptors (Lipinski definition) is 4. The van der Waals surface area contributed by atoms with Gasteiger partial charge in [0, 0.05) is 0 Å². The topological polar surface area (TPSA) is 44.8 Å². The Morgan fingerprint density at radius 2 is 1.94 bits per heavy atom. The fourth-order valence-corrected chi connectivity index (χ4v) is 1.14. The average Bonchev–Trinajstić information content (AvgIpc) is 2.23. The van der Waals surface area contributed by atoms with E-state index in [1.165, 1.54) is 0 Å². The molecule has 0 amide bonds. The highest BCUT2D eigenvalue weighted by Crippen LogP contribution is 2.17. The lowest BCUT2D eigenvalue weighted by molar-refractivity contribution is -0.319. The van der Waals surface area contributed by atoms with Crippen LogP contribution < -0.4 is 0 Å². The molecule has 0 fully saturated rings. The third kappa shape index (κ3) is 7.51. The maximum atomic E-state index is 11.1. The summed E-state index contributed by atoms with van der Waals surface area (Å²) in [5, 5.41) is 0. The summed E-state index contributed by atoms with van der Waals surface area (Å²) >= 11 is 0. The van der Waals surface area contributed by atoms with E-state index in [1.54, 1.807) is 0 Å². The molecule has 16 heavy (non-hydrogen) atoms. The van der Waals surface area contributed by atoms with Gasteiger partial charge >= 0.3 is 6.16 Å². The van der Waals surface area contributed by atoms with Gasteiger partial charge in [0.05, 0.1) is 6.61 Å². The quantitative estimate of drug-likeness (QED) is 0.381. The number of carbonyl (C=O) groups excluding carboxylic acids is 1. The van der Waals surface area contributed by atoms with E-state index in [2.05, 4.69) is 4.89 Å². The van der Waals surface area contributed by atoms with Crippen LogP contribution in [0.5, 0.6) is 0 Å². The predicted octanol–water partition coefficient (Wildman–Crippen LogP) is 3.70. The van der Waals surface area contributed by atoms with Crippen LogP contribution in [0, 0.1) is 5.92 Å². The first-order chi connectivity index (χ1) is 7.41. The van der Waals surface area contributed by atoms with Crippen LogP contribution in [-0.4, -0.2) is 18.4 Å². The molecule has 0 saturated heterocycles. The lowest BCUT2D eigenvalue weighted by atomic mass is 10.0. The van der Waals surface area contributed by atoms with Gasteiger partial charge in [-0.05, 0) is 26.2 Å². The Morgan fingerprint density at radius 1 is 1.31 bits per heavy atom. The maximum absolute atomic E-state index is 11.1. The van der Waals surface area contributed by atoms with E-state index in [0.717, 1.165) is 19.3 Å². The highest BCUT2D eigenvalue weighted by molar-refractivity contribution is 5.58. The first kappa shape index (κ1) is 15.2. The molecule has 4 nitrogen and oxygen atoms in total. The minimum Gasteiger partial charge on any atom is -0.432 e. The van der Waals surface area contributed by atoms with Crippen LogP contribution in [0.2, 0.25) is 0 Å². The van der Waals surface area contributed by atoms with Crippen LogP contribution in [0.3, 0.4) is 0 Å². The monoisotopic (exact) mass is 232 g/mol. The molecule has 96 valence electrons.